The maximum Gasteiger partial charge on any atom is 0.333 e. The summed E-state index contributed by atoms with van der Waals surface area (Å²) >= 11 is 7.33. The molecule has 0 saturated carbocycles. The number of benzene rings is 4. The summed E-state index contributed by atoms with van der Waals surface area (Å²) in [5.41, 5.74) is 1.47. The maximum absolute atomic E-state index is 13.1. The number of likely N-dealkylation sites (N-methyl/N-ethyl adjacent to an activating group) is 1. The number of aromatic nitrogens is 1. The van der Waals surface area contributed by atoms with Crippen LogP contribution in [-0.4, -0.2) is 129 Å². The SMILES string of the molecule is CCN1C(=CC=C2CCCC(C=CC3=[N+](CCCC(=O)On4c(O)ccc4O)c4ccc5c(S(=O)(=O)O)cc(S(=O)(=O)O)cc5c4C3(C)CCOC)=C2Cl)C(C)(CCCS(=O)(=O)O)c2c1ccc1c(S(=O)(=O)O)cc(S(=O)(=O)O)cc21. The van der Waals surface area contributed by atoms with E-state index in [1.54, 1.807) is 50.3 Å². The summed E-state index contributed by atoms with van der Waals surface area (Å²) < 4.78 is 185. The molecule has 1 aromatic heterocycles. The number of aromatic hydroxyl groups is 2. The zero-order chi connectivity index (χ0) is 59.6. The van der Waals surface area contributed by atoms with Crippen LogP contribution < -0.4 is 9.74 Å². The molecule has 23 nitrogen and oxygen atoms in total. The number of anilines is 1. The van der Waals surface area contributed by atoms with Gasteiger partial charge in [0.05, 0.1) is 27.4 Å². The normalized spacial score (nSPS) is 20.2. The molecule has 436 valence electrons. The van der Waals surface area contributed by atoms with Crippen molar-refractivity contribution in [2.45, 2.75) is 103 Å². The van der Waals surface area contributed by atoms with Crippen molar-refractivity contribution in [2.75, 3.05) is 37.5 Å². The van der Waals surface area contributed by atoms with Gasteiger partial charge in [0.1, 0.15) is 16.3 Å². The fourth-order valence-corrected chi connectivity index (χ4v) is 14.8. The molecule has 2 aliphatic heterocycles. The van der Waals surface area contributed by atoms with E-state index in [4.69, 9.17) is 21.2 Å². The molecule has 1 aliphatic carbocycles. The van der Waals surface area contributed by atoms with Gasteiger partial charge in [-0.3, -0.25) is 22.8 Å². The monoisotopic (exact) mass is 1240 g/mol. The Bertz CT molecular complexity index is 4210. The predicted octanol–water partition coefficient (Wildman–Crippen LogP) is 7.53. The third-order valence-corrected chi connectivity index (χ3v) is 19.7. The molecule has 7 N–H and O–H groups in total. The fourth-order valence-electron chi connectivity index (χ4n) is 11.3. The van der Waals surface area contributed by atoms with E-state index in [1.165, 1.54) is 19.2 Å². The highest BCUT2D eigenvalue weighted by molar-refractivity contribution is 7.87. The molecule has 5 aromatic rings. The van der Waals surface area contributed by atoms with Crippen LogP contribution in [0.2, 0.25) is 0 Å². The highest BCUT2D eigenvalue weighted by Gasteiger charge is 2.50. The topological polar surface area (TPSA) is 359 Å². The molecule has 29 heteroatoms. The summed E-state index contributed by atoms with van der Waals surface area (Å²) in [6.45, 7) is 5.76. The van der Waals surface area contributed by atoms with E-state index >= 15 is 0 Å². The highest BCUT2D eigenvalue weighted by atomic mass is 35.5. The second-order valence-electron chi connectivity index (χ2n) is 20.1. The van der Waals surface area contributed by atoms with Gasteiger partial charge in [0.25, 0.3) is 50.6 Å². The molecule has 3 aliphatic rings. The summed E-state index contributed by atoms with van der Waals surface area (Å²) in [5, 5.41) is 20.4. The van der Waals surface area contributed by atoms with Crippen molar-refractivity contribution in [2.24, 2.45) is 0 Å². The van der Waals surface area contributed by atoms with Crippen LogP contribution in [0.5, 0.6) is 11.8 Å². The van der Waals surface area contributed by atoms with Gasteiger partial charge >= 0.3 is 5.97 Å². The average Bonchev–Trinajstić information content (AvgIpc) is 4.13. The summed E-state index contributed by atoms with van der Waals surface area (Å²) in [6, 6.07) is 11.6. The van der Waals surface area contributed by atoms with Crippen molar-refractivity contribution in [1.82, 2.24) is 4.73 Å². The molecule has 0 fully saturated rings. The van der Waals surface area contributed by atoms with Crippen molar-refractivity contribution < 1.29 is 94.0 Å². The highest BCUT2D eigenvalue weighted by Crippen LogP contribution is 2.55. The molecule has 2 atom stereocenters. The van der Waals surface area contributed by atoms with E-state index in [-0.39, 0.29) is 73.3 Å². The van der Waals surface area contributed by atoms with Crippen LogP contribution in [-0.2, 0) is 71.0 Å². The Morgan fingerprint density at radius 3 is 1.83 bits per heavy atom. The van der Waals surface area contributed by atoms with E-state index in [0.717, 1.165) is 24.3 Å². The number of nitrogens with zero attached hydrogens (tertiary/aromatic N) is 3. The van der Waals surface area contributed by atoms with Gasteiger partial charge in [-0.15, -0.1) is 4.73 Å². The minimum atomic E-state index is -5.11. The first-order valence-corrected chi connectivity index (χ1v) is 32.7. The molecule has 0 radical (unpaired) electrons. The Morgan fingerprint density at radius 1 is 0.704 bits per heavy atom. The summed E-state index contributed by atoms with van der Waals surface area (Å²) in [4.78, 5) is 16.9. The van der Waals surface area contributed by atoms with Crippen molar-refractivity contribution in [3.63, 3.8) is 0 Å². The number of allylic oxidation sites excluding steroid dienone is 8. The first kappa shape index (κ1) is 61.1. The Kier molecular flexibility index (Phi) is 16.8. The van der Waals surface area contributed by atoms with Gasteiger partial charge in [-0.1, -0.05) is 29.8 Å². The number of hydrogen-bond donors (Lipinski definition) is 7. The van der Waals surface area contributed by atoms with Gasteiger partial charge in [0.2, 0.25) is 17.4 Å². The largest absolute Gasteiger partial charge is 0.492 e. The van der Waals surface area contributed by atoms with Crippen LogP contribution in [0.1, 0.15) is 83.3 Å². The van der Waals surface area contributed by atoms with Crippen molar-refractivity contribution in [3.8, 4) is 11.8 Å². The third-order valence-electron chi connectivity index (χ3n) is 14.9. The molecule has 0 spiro atoms. The summed E-state index contributed by atoms with van der Waals surface area (Å²) in [5.74, 6) is -2.59. The molecule has 8 rings (SSSR count). The molecule has 2 unspecified atom stereocenters. The number of hydrogen-bond acceptors (Lipinski definition) is 16. The second-order valence-corrected chi connectivity index (χ2v) is 27.7. The van der Waals surface area contributed by atoms with E-state index in [1.807, 2.05) is 16.4 Å². The molecular formula is C52H57ClN3O20S5+. The zero-order valence-electron chi connectivity index (χ0n) is 43.8. The Hall–Kier alpha value is -6.02. The first-order chi connectivity index (χ1) is 37.6. The number of carbonyl (C=O) groups excluding carboxylic acids is 1. The standard InChI is InChI=1S/C52H56ClN3O20S5/c1-5-54-39-16-14-35-37(27-33(78(63,64)65)29-41(35)80(69,70)71)48(39)51(2,22-8-26-77(60,61)62)43(54)18-12-31-9-6-10-32(50(31)53)13-19-44-52(3,23-25-75-4)49-38-28-34(79(66,67)68)30-42(81(72,73)74)36(38)15-17-40(49)55(44)24-7-11-47(59)76-56-45(57)20-21-46(56)58/h12-21,27-30H,5-11,22-26H2,1-4H3,(H6-,57,58,60,61,62,63,64,65,66,67,68,69,70,71,72,73,74)/p+1. The average molecular weight is 1240 g/mol. The lowest BCUT2D eigenvalue weighted by atomic mass is 9.74. The second kappa shape index (κ2) is 22.3. The number of carbonyl (C=O) groups is 1. The molecule has 3 heterocycles. The van der Waals surface area contributed by atoms with Crippen LogP contribution in [0, 0.1) is 0 Å². The molecule has 4 aromatic carbocycles. The fraction of sp³-hybridized carbons (Fsp3) is 0.346. The van der Waals surface area contributed by atoms with E-state index in [9.17, 15) is 79.9 Å². The van der Waals surface area contributed by atoms with E-state index in [2.05, 4.69) is 0 Å². The molecule has 81 heavy (non-hydrogen) atoms. The molecule has 0 saturated heterocycles. The van der Waals surface area contributed by atoms with E-state index < -0.39 is 104 Å². The number of methoxy groups -OCH3 is 1. The minimum absolute atomic E-state index is 0.0103. The Labute approximate surface area is 472 Å². The van der Waals surface area contributed by atoms with Crippen molar-refractivity contribution >= 4 is 107 Å². The van der Waals surface area contributed by atoms with Crippen LogP contribution in [0.4, 0.5) is 11.4 Å². The van der Waals surface area contributed by atoms with Crippen LogP contribution in [0.3, 0.4) is 0 Å². The third kappa shape index (κ3) is 12.1. The lowest BCUT2D eigenvalue weighted by Gasteiger charge is -2.30. The Morgan fingerprint density at radius 2 is 1.28 bits per heavy atom. The predicted molar refractivity (Wildman–Crippen MR) is 297 cm³/mol. The van der Waals surface area contributed by atoms with Gasteiger partial charge in [0, 0.05) is 89.1 Å². The number of fused-ring (bicyclic) bond motifs is 6. The minimum Gasteiger partial charge on any atom is -0.492 e. The molecule has 0 amide bonds. The lowest BCUT2D eigenvalue weighted by Crippen LogP contribution is -2.33. The summed E-state index contributed by atoms with van der Waals surface area (Å²) in [6.07, 6.45) is 8.35. The quantitative estimate of drug-likeness (QED) is 0.0292. The molecular weight excluding hydrogens is 1180 g/mol. The van der Waals surface area contributed by atoms with Gasteiger partial charge in [0.15, 0.2) is 5.71 Å². The van der Waals surface area contributed by atoms with Gasteiger partial charge < -0.3 is 24.7 Å². The van der Waals surface area contributed by atoms with Gasteiger partial charge in [-0.05, 0) is 129 Å². The maximum atomic E-state index is 13.1. The first-order valence-electron chi connectivity index (χ1n) is 24.9. The summed E-state index contributed by atoms with van der Waals surface area (Å²) in [7, 11) is -23.4. The Balaban J connectivity index is 1.27. The number of rotatable bonds is 20. The lowest BCUT2D eigenvalue weighted by molar-refractivity contribution is -0.438. The zero-order valence-corrected chi connectivity index (χ0v) is 48.6. The van der Waals surface area contributed by atoms with Crippen molar-refractivity contribution in [3.05, 3.63) is 118 Å². The van der Waals surface area contributed by atoms with Gasteiger partial charge in [-0.25, -0.2) is 4.79 Å². The van der Waals surface area contributed by atoms with Crippen LogP contribution in [0.15, 0.2) is 126 Å². The van der Waals surface area contributed by atoms with E-state index in [0.29, 0.717) is 86.2 Å². The van der Waals surface area contributed by atoms with Crippen molar-refractivity contribution in [1.29, 1.82) is 0 Å². The van der Waals surface area contributed by atoms with Gasteiger partial charge in [-0.2, -0.15) is 46.7 Å². The van der Waals surface area contributed by atoms with Crippen LogP contribution >= 0.6 is 11.6 Å². The smallest absolute Gasteiger partial charge is 0.333 e. The molecule has 0 bridgehead atoms. The number of halogens is 1. The van der Waals surface area contributed by atoms with Crippen LogP contribution in [0.25, 0.3) is 21.5 Å². The number of ether oxygens (including phenoxy) is 1.